The van der Waals surface area contributed by atoms with E-state index in [0.717, 1.165) is 6.04 Å². The first-order valence-electron chi connectivity index (χ1n) is 7.22. The van der Waals surface area contributed by atoms with Crippen LogP contribution < -0.4 is 5.32 Å². The first-order valence-corrected chi connectivity index (χ1v) is 7.22. The maximum atomic E-state index is 3.59. The molecule has 2 rings (SSSR count). The second-order valence-electron chi connectivity index (χ2n) is 6.29. The average molecular weight is 239 g/mol. The number of hydrogen-bond donors (Lipinski definition) is 1. The highest BCUT2D eigenvalue weighted by atomic mass is 15.2. The third-order valence-electron chi connectivity index (χ3n) is 4.82. The summed E-state index contributed by atoms with van der Waals surface area (Å²) in [6.07, 6.45) is 8.25. The highest BCUT2D eigenvalue weighted by Crippen LogP contribution is 2.36. The topological polar surface area (TPSA) is 18.5 Å². The van der Waals surface area contributed by atoms with Gasteiger partial charge in [-0.1, -0.05) is 0 Å². The van der Waals surface area contributed by atoms with E-state index in [1.807, 2.05) is 0 Å². The van der Waals surface area contributed by atoms with Gasteiger partial charge in [-0.2, -0.15) is 0 Å². The molecule has 0 radical (unpaired) electrons. The van der Waals surface area contributed by atoms with Crippen LogP contribution in [0.1, 0.15) is 38.5 Å². The van der Waals surface area contributed by atoms with Crippen LogP contribution >= 0.6 is 0 Å². The van der Waals surface area contributed by atoms with Crippen LogP contribution in [0.25, 0.3) is 0 Å². The van der Waals surface area contributed by atoms with Gasteiger partial charge in [0.15, 0.2) is 0 Å². The monoisotopic (exact) mass is 239 g/mol. The van der Waals surface area contributed by atoms with Crippen molar-refractivity contribution in [3.05, 3.63) is 0 Å². The summed E-state index contributed by atoms with van der Waals surface area (Å²) >= 11 is 0. The second-order valence-corrected chi connectivity index (χ2v) is 6.29. The Labute approximate surface area is 107 Å². The molecular formula is C14H29N3. The molecule has 0 aromatic carbocycles. The molecule has 1 N–H and O–H groups in total. The van der Waals surface area contributed by atoms with Crippen molar-refractivity contribution in [2.45, 2.75) is 50.1 Å². The van der Waals surface area contributed by atoms with Crippen LogP contribution in [0.4, 0.5) is 0 Å². The van der Waals surface area contributed by atoms with Crippen molar-refractivity contribution in [3.8, 4) is 0 Å². The van der Waals surface area contributed by atoms with Gasteiger partial charge in [-0.25, -0.2) is 0 Å². The van der Waals surface area contributed by atoms with E-state index in [0.29, 0.717) is 5.54 Å². The normalized spacial score (nSPS) is 27.7. The van der Waals surface area contributed by atoms with Gasteiger partial charge in [0.2, 0.25) is 0 Å². The van der Waals surface area contributed by atoms with E-state index in [-0.39, 0.29) is 0 Å². The fourth-order valence-electron chi connectivity index (χ4n) is 3.29. The predicted octanol–water partition coefficient (Wildman–Crippen LogP) is 1.54. The van der Waals surface area contributed by atoms with E-state index in [4.69, 9.17) is 0 Å². The molecule has 0 aromatic heterocycles. The summed E-state index contributed by atoms with van der Waals surface area (Å²) in [6, 6.07) is 0.786. The molecule has 17 heavy (non-hydrogen) atoms. The Bertz CT molecular complexity index is 230. The lowest BCUT2D eigenvalue weighted by Gasteiger charge is -2.49. The fraction of sp³-hybridized carbons (Fsp3) is 1.00. The molecule has 100 valence electrons. The van der Waals surface area contributed by atoms with Gasteiger partial charge in [0.05, 0.1) is 0 Å². The smallest absolute Gasteiger partial charge is 0.0330 e. The lowest BCUT2D eigenvalue weighted by Crippen LogP contribution is -2.56. The van der Waals surface area contributed by atoms with E-state index in [1.165, 1.54) is 58.2 Å². The van der Waals surface area contributed by atoms with Crippen LogP contribution in [0.15, 0.2) is 0 Å². The van der Waals surface area contributed by atoms with E-state index in [9.17, 15) is 0 Å². The van der Waals surface area contributed by atoms with Crippen molar-refractivity contribution in [1.29, 1.82) is 0 Å². The Morgan fingerprint density at radius 2 is 1.94 bits per heavy atom. The van der Waals surface area contributed by atoms with Crippen molar-refractivity contribution in [2.75, 3.05) is 40.8 Å². The number of nitrogens with zero attached hydrogens (tertiary/aromatic N) is 2. The van der Waals surface area contributed by atoms with E-state index >= 15 is 0 Å². The maximum Gasteiger partial charge on any atom is 0.0330 e. The zero-order chi connectivity index (χ0) is 12.3. The molecule has 0 spiro atoms. The first-order chi connectivity index (χ1) is 8.12. The minimum atomic E-state index is 0.484. The molecule has 0 aromatic rings. The molecule has 3 heteroatoms. The standard InChI is InChI=1S/C14H29N3/c1-16(2)14(8-5-9-14)12-17(3)11-7-13-6-4-10-15-13/h13,15H,4-12H2,1-3H3. The fourth-order valence-corrected chi connectivity index (χ4v) is 3.29. The summed E-state index contributed by atoms with van der Waals surface area (Å²) in [5, 5.41) is 3.59. The summed E-state index contributed by atoms with van der Waals surface area (Å²) in [5.74, 6) is 0. The van der Waals surface area contributed by atoms with Crippen molar-refractivity contribution >= 4 is 0 Å². The molecule has 1 saturated heterocycles. The zero-order valence-electron chi connectivity index (χ0n) is 11.8. The molecule has 1 unspecified atom stereocenters. The Balaban J connectivity index is 1.70. The molecular weight excluding hydrogens is 210 g/mol. The van der Waals surface area contributed by atoms with Crippen molar-refractivity contribution in [3.63, 3.8) is 0 Å². The molecule has 2 aliphatic rings. The number of hydrogen-bond acceptors (Lipinski definition) is 3. The third kappa shape index (κ3) is 3.21. The van der Waals surface area contributed by atoms with Crippen LogP contribution in [0.5, 0.6) is 0 Å². The summed E-state index contributed by atoms with van der Waals surface area (Å²) in [6.45, 7) is 3.72. The molecule has 1 atom stereocenters. The summed E-state index contributed by atoms with van der Waals surface area (Å²) in [4.78, 5) is 4.99. The second kappa shape index (κ2) is 5.68. The van der Waals surface area contributed by atoms with Gasteiger partial charge in [0.25, 0.3) is 0 Å². The number of rotatable bonds is 6. The van der Waals surface area contributed by atoms with E-state index < -0.39 is 0 Å². The molecule has 1 heterocycles. The van der Waals surface area contributed by atoms with Gasteiger partial charge in [-0.05, 0) is 72.8 Å². The largest absolute Gasteiger partial charge is 0.314 e. The summed E-state index contributed by atoms with van der Waals surface area (Å²) in [5.41, 5.74) is 0.484. The van der Waals surface area contributed by atoms with E-state index in [2.05, 4.69) is 36.3 Å². The van der Waals surface area contributed by atoms with Crippen LogP contribution in [0, 0.1) is 0 Å². The van der Waals surface area contributed by atoms with Crippen LogP contribution in [0.3, 0.4) is 0 Å². The van der Waals surface area contributed by atoms with Gasteiger partial charge in [0.1, 0.15) is 0 Å². The third-order valence-corrected chi connectivity index (χ3v) is 4.82. The maximum absolute atomic E-state index is 3.59. The molecule has 1 saturated carbocycles. The highest BCUT2D eigenvalue weighted by molar-refractivity contribution is 4.97. The highest BCUT2D eigenvalue weighted by Gasteiger charge is 2.39. The lowest BCUT2D eigenvalue weighted by molar-refractivity contribution is 0.0271. The molecule has 2 fully saturated rings. The van der Waals surface area contributed by atoms with Gasteiger partial charge in [-0.3, -0.25) is 0 Å². The Morgan fingerprint density at radius 1 is 1.18 bits per heavy atom. The molecule has 0 bridgehead atoms. The average Bonchev–Trinajstić information content (AvgIpc) is 2.72. The first kappa shape index (κ1) is 13.3. The minimum absolute atomic E-state index is 0.484. The van der Waals surface area contributed by atoms with E-state index in [1.54, 1.807) is 0 Å². The molecule has 0 amide bonds. The van der Waals surface area contributed by atoms with Gasteiger partial charge >= 0.3 is 0 Å². The van der Waals surface area contributed by atoms with Crippen molar-refractivity contribution < 1.29 is 0 Å². The lowest BCUT2D eigenvalue weighted by atomic mass is 9.75. The van der Waals surface area contributed by atoms with Crippen LogP contribution in [-0.4, -0.2) is 62.2 Å². The zero-order valence-corrected chi connectivity index (χ0v) is 11.8. The SMILES string of the molecule is CN(CCC1CCCN1)CC1(N(C)C)CCC1. The van der Waals surface area contributed by atoms with Gasteiger partial charge in [0, 0.05) is 18.1 Å². The van der Waals surface area contributed by atoms with Gasteiger partial charge in [-0.15, -0.1) is 0 Å². The summed E-state index contributed by atoms with van der Waals surface area (Å²) in [7, 11) is 6.77. The van der Waals surface area contributed by atoms with Crippen molar-refractivity contribution in [1.82, 2.24) is 15.1 Å². The van der Waals surface area contributed by atoms with Crippen LogP contribution in [0.2, 0.25) is 0 Å². The quantitative estimate of drug-likeness (QED) is 0.758. The minimum Gasteiger partial charge on any atom is -0.314 e. The Hall–Kier alpha value is -0.120. The number of likely N-dealkylation sites (N-methyl/N-ethyl adjacent to an activating group) is 2. The van der Waals surface area contributed by atoms with Crippen LogP contribution in [-0.2, 0) is 0 Å². The molecule has 1 aliphatic heterocycles. The molecule has 3 nitrogen and oxygen atoms in total. The Morgan fingerprint density at radius 3 is 2.41 bits per heavy atom. The predicted molar refractivity (Wildman–Crippen MR) is 73.4 cm³/mol. The number of nitrogens with one attached hydrogen (secondary N) is 1. The Kier molecular flexibility index (Phi) is 4.45. The van der Waals surface area contributed by atoms with Gasteiger partial charge < -0.3 is 15.1 Å². The molecule has 1 aliphatic carbocycles. The van der Waals surface area contributed by atoms with Crippen molar-refractivity contribution in [2.24, 2.45) is 0 Å². The summed E-state index contributed by atoms with van der Waals surface area (Å²) < 4.78 is 0.